The van der Waals surface area contributed by atoms with E-state index in [0.29, 0.717) is 6.42 Å². The molecule has 0 bridgehead atoms. The van der Waals surface area contributed by atoms with Gasteiger partial charge in [-0.15, -0.1) is 0 Å². The maximum absolute atomic E-state index is 12.3. The van der Waals surface area contributed by atoms with Crippen LogP contribution in [0.15, 0.2) is 24.3 Å². The van der Waals surface area contributed by atoms with Gasteiger partial charge in [-0.2, -0.15) is 5.26 Å². The summed E-state index contributed by atoms with van der Waals surface area (Å²) in [5.74, 6) is 0.0777. The largest absolute Gasteiger partial charge is 0.334 e. The minimum absolute atomic E-state index is 0.0563. The smallest absolute Gasteiger partial charge is 0.254 e. The molecule has 17 heavy (non-hydrogen) atoms. The van der Waals surface area contributed by atoms with Crippen LogP contribution in [-0.2, 0) is 6.42 Å². The Balaban J connectivity index is 2.25. The topological polar surface area (TPSA) is 44.1 Å². The summed E-state index contributed by atoms with van der Waals surface area (Å²) in [4.78, 5) is 14.2. The molecule has 0 saturated carbocycles. The number of nitrogens with zero attached hydrogens (tertiary/aromatic N) is 2. The first-order chi connectivity index (χ1) is 8.27. The molecule has 1 heterocycles. The molecule has 0 saturated heterocycles. The highest BCUT2D eigenvalue weighted by molar-refractivity contribution is 5.96. The van der Waals surface area contributed by atoms with Gasteiger partial charge in [0.05, 0.1) is 12.5 Å². The molecule has 1 atom stereocenters. The minimum atomic E-state index is 0.0563. The quantitative estimate of drug-likeness (QED) is 0.797. The van der Waals surface area contributed by atoms with Crippen molar-refractivity contribution in [2.75, 3.05) is 6.54 Å². The van der Waals surface area contributed by atoms with E-state index in [0.717, 1.165) is 30.5 Å². The molecule has 1 aromatic rings. The van der Waals surface area contributed by atoms with Gasteiger partial charge >= 0.3 is 0 Å². The zero-order chi connectivity index (χ0) is 12.3. The minimum Gasteiger partial charge on any atom is -0.334 e. The Kier molecular flexibility index (Phi) is 3.43. The van der Waals surface area contributed by atoms with Gasteiger partial charge in [-0.3, -0.25) is 4.79 Å². The Bertz CT molecular complexity index is 462. The second-order valence-corrected chi connectivity index (χ2v) is 4.33. The number of nitriles is 1. The van der Waals surface area contributed by atoms with Crippen molar-refractivity contribution in [2.24, 2.45) is 0 Å². The molecule has 3 heteroatoms. The van der Waals surface area contributed by atoms with Gasteiger partial charge in [-0.05, 0) is 24.5 Å². The normalized spacial score (nSPS) is 16.2. The third kappa shape index (κ3) is 2.16. The van der Waals surface area contributed by atoms with Crippen molar-refractivity contribution >= 4 is 5.91 Å². The zero-order valence-corrected chi connectivity index (χ0v) is 10.0. The molecule has 0 aliphatic carbocycles. The molecule has 1 aliphatic heterocycles. The van der Waals surface area contributed by atoms with Crippen LogP contribution in [0.1, 0.15) is 35.7 Å². The van der Waals surface area contributed by atoms with Crippen LogP contribution < -0.4 is 0 Å². The predicted octanol–water partition coefficient (Wildman–Crippen LogP) is 2.38. The van der Waals surface area contributed by atoms with Crippen LogP contribution in [0.4, 0.5) is 0 Å². The van der Waals surface area contributed by atoms with Crippen LogP contribution in [0.5, 0.6) is 0 Å². The highest BCUT2D eigenvalue weighted by Gasteiger charge is 2.28. The average molecular weight is 228 g/mol. The van der Waals surface area contributed by atoms with Crippen molar-refractivity contribution in [3.63, 3.8) is 0 Å². The lowest BCUT2D eigenvalue weighted by Gasteiger charge is -2.34. The number of amides is 1. The molecule has 1 unspecified atom stereocenters. The molecule has 1 amide bonds. The predicted molar refractivity (Wildman–Crippen MR) is 65.5 cm³/mol. The number of benzene rings is 1. The van der Waals surface area contributed by atoms with Crippen LogP contribution >= 0.6 is 0 Å². The molecule has 2 rings (SSSR count). The van der Waals surface area contributed by atoms with Crippen LogP contribution in [-0.4, -0.2) is 23.4 Å². The fourth-order valence-electron chi connectivity index (χ4n) is 2.37. The molecule has 0 spiro atoms. The van der Waals surface area contributed by atoms with Crippen molar-refractivity contribution in [1.82, 2.24) is 4.90 Å². The molecule has 0 aromatic heterocycles. The number of hydrogen-bond donors (Lipinski definition) is 0. The van der Waals surface area contributed by atoms with E-state index in [9.17, 15) is 4.79 Å². The monoisotopic (exact) mass is 228 g/mol. The van der Waals surface area contributed by atoms with E-state index in [1.165, 1.54) is 0 Å². The van der Waals surface area contributed by atoms with Crippen molar-refractivity contribution in [1.29, 1.82) is 5.26 Å². The van der Waals surface area contributed by atoms with Crippen LogP contribution in [0, 0.1) is 11.3 Å². The molecule has 0 fully saturated rings. The summed E-state index contributed by atoms with van der Waals surface area (Å²) in [6.07, 6.45) is 2.15. The molecule has 0 radical (unpaired) electrons. The van der Waals surface area contributed by atoms with E-state index in [4.69, 9.17) is 5.26 Å². The first kappa shape index (κ1) is 11.7. The highest BCUT2D eigenvalue weighted by Crippen LogP contribution is 2.22. The maximum atomic E-state index is 12.3. The number of carbonyl (C=O) groups excluding carboxylic acids is 1. The highest BCUT2D eigenvalue weighted by atomic mass is 16.2. The Morgan fingerprint density at radius 1 is 1.47 bits per heavy atom. The summed E-state index contributed by atoms with van der Waals surface area (Å²) in [5.41, 5.74) is 1.93. The Morgan fingerprint density at radius 2 is 2.24 bits per heavy atom. The summed E-state index contributed by atoms with van der Waals surface area (Å²) in [7, 11) is 0. The summed E-state index contributed by atoms with van der Waals surface area (Å²) in [6, 6.07) is 9.97. The van der Waals surface area contributed by atoms with Crippen molar-refractivity contribution in [2.45, 2.75) is 32.2 Å². The van der Waals surface area contributed by atoms with Crippen LogP contribution in [0.3, 0.4) is 0 Å². The first-order valence-corrected chi connectivity index (χ1v) is 6.03. The number of rotatable bonds is 3. The van der Waals surface area contributed by atoms with E-state index in [2.05, 4.69) is 6.07 Å². The van der Waals surface area contributed by atoms with Crippen molar-refractivity contribution in [3.05, 3.63) is 35.4 Å². The van der Waals surface area contributed by atoms with Crippen LogP contribution in [0.2, 0.25) is 0 Å². The summed E-state index contributed by atoms with van der Waals surface area (Å²) >= 11 is 0. The number of carbonyl (C=O) groups is 1. The molecule has 88 valence electrons. The third-order valence-electron chi connectivity index (χ3n) is 3.37. The average Bonchev–Trinajstić information content (AvgIpc) is 2.37. The van der Waals surface area contributed by atoms with Crippen molar-refractivity contribution in [3.8, 4) is 6.07 Å². The van der Waals surface area contributed by atoms with E-state index in [1.807, 2.05) is 36.1 Å². The second kappa shape index (κ2) is 5.01. The van der Waals surface area contributed by atoms with E-state index in [1.54, 1.807) is 0 Å². The Hall–Kier alpha value is -1.82. The van der Waals surface area contributed by atoms with E-state index >= 15 is 0 Å². The standard InChI is InChI=1S/C14H16N2O/c1-2-12(7-9-15)16-10-8-11-5-3-4-6-13(11)14(16)17/h3-6,12H,2,7-8,10H2,1H3. The second-order valence-electron chi connectivity index (χ2n) is 4.33. The first-order valence-electron chi connectivity index (χ1n) is 6.03. The fourth-order valence-corrected chi connectivity index (χ4v) is 2.37. The molecule has 0 N–H and O–H groups in total. The van der Waals surface area contributed by atoms with Gasteiger partial charge in [0, 0.05) is 18.2 Å². The van der Waals surface area contributed by atoms with Gasteiger partial charge in [0.2, 0.25) is 0 Å². The third-order valence-corrected chi connectivity index (χ3v) is 3.37. The number of fused-ring (bicyclic) bond motifs is 1. The lowest BCUT2D eigenvalue weighted by Crippen LogP contribution is -2.44. The Morgan fingerprint density at radius 3 is 2.94 bits per heavy atom. The molecule has 1 aromatic carbocycles. The van der Waals surface area contributed by atoms with Gasteiger partial charge in [0.25, 0.3) is 5.91 Å². The zero-order valence-electron chi connectivity index (χ0n) is 10.0. The van der Waals surface area contributed by atoms with Gasteiger partial charge in [0.1, 0.15) is 0 Å². The molecular formula is C14H16N2O. The van der Waals surface area contributed by atoms with Gasteiger partial charge in [-0.25, -0.2) is 0 Å². The van der Waals surface area contributed by atoms with Gasteiger partial charge < -0.3 is 4.90 Å². The molecule has 3 nitrogen and oxygen atoms in total. The Labute approximate surface area is 102 Å². The summed E-state index contributed by atoms with van der Waals surface area (Å²) < 4.78 is 0. The summed E-state index contributed by atoms with van der Waals surface area (Å²) in [6.45, 7) is 2.76. The maximum Gasteiger partial charge on any atom is 0.254 e. The van der Waals surface area contributed by atoms with E-state index < -0.39 is 0 Å². The van der Waals surface area contributed by atoms with Gasteiger partial charge in [-0.1, -0.05) is 25.1 Å². The van der Waals surface area contributed by atoms with Crippen molar-refractivity contribution < 1.29 is 4.79 Å². The number of hydrogen-bond acceptors (Lipinski definition) is 2. The lowest BCUT2D eigenvalue weighted by molar-refractivity contribution is 0.0657. The molecule has 1 aliphatic rings. The van der Waals surface area contributed by atoms with E-state index in [-0.39, 0.29) is 11.9 Å². The summed E-state index contributed by atoms with van der Waals surface area (Å²) in [5, 5.41) is 8.79. The van der Waals surface area contributed by atoms with Gasteiger partial charge in [0.15, 0.2) is 0 Å². The fraction of sp³-hybridized carbons (Fsp3) is 0.429. The SMILES string of the molecule is CCC(CC#N)N1CCc2ccccc2C1=O. The molecular weight excluding hydrogens is 212 g/mol. The van der Waals surface area contributed by atoms with Crippen LogP contribution in [0.25, 0.3) is 0 Å². The lowest BCUT2D eigenvalue weighted by atomic mass is 9.96.